The summed E-state index contributed by atoms with van der Waals surface area (Å²) in [4.78, 5) is 39.0. The zero-order valence-electron chi connectivity index (χ0n) is 19.8. The summed E-state index contributed by atoms with van der Waals surface area (Å²) < 4.78 is 24.3. The van der Waals surface area contributed by atoms with Gasteiger partial charge < -0.3 is 23.7 Å². The predicted octanol–water partition coefficient (Wildman–Crippen LogP) is 3.49. The molecule has 2 aromatic rings. The number of hydrogen-bond donors (Lipinski definition) is 1. The number of ether oxygens (including phenoxy) is 2. The summed E-state index contributed by atoms with van der Waals surface area (Å²) in [6, 6.07) is 0. The summed E-state index contributed by atoms with van der Waals surface area (Å²) in [6.45, 7) is 13.3. The van der Waals surface area contributed by atoms with E-state index in [0.29, 0.717) is 4.90 Å². The Morgan fingerprint density at radius 3 is 2.06 bits per heavy atom. The molecule has 1 atom stereocenters. The zero-order chi connectivity index (χ0) is 24.5. The third kappa shape index (κ3) is 7.27. The van der Waals surface area contributed by atoms with Crippen molar-refractivity contribution < 1.29 is 28.7 Å². The van der Waals surface area contributed by atoms with Crippen molar-refractivity contribution in [2.75, 3.05) is 24.4 Å². The number of anilines is 1. The molecular weight excluding hydrogens is 437 g/mol. The molecule has 0 unspecified atom stereocenters. The molecule has 0 aromatic carbocycles. The number of rotatable bonds is 5. The van der Waals surface area contributed by atoms with E-state index in [4.69, 9.17) is 9.47 Å². The fourth-order valence-electron chi connectivity index (χ4n) is 2.82. The molecule has 2 rings (SSSR count). The Hall–Kier alpha value is -2.52. The summed E-state index contributed by atoms with van der Waals surface area (Å²) in [5, 5.41) is 10.3. The molecule has 11 nitrogen and oxygen atoms in total. The van der Waals surface area contributed by atoms with E-state index in [2.05, 4.69) is 15.0 Å². The second kappa shape index (κ2) is 9.15. The molecule has 12 heteroatoms. The average molecular weight is 469 g/mol. The van der Waals surface area contributed by atoms with Crippen molar-refractivity contribution >= 4 is 36.3 Å². The number of fused-ring (bicyclic) bond motifs is 1. The summed E-state index contributed by atoms with van der Waals surface area (Å²) in [5.41, 5.74) is -1.32. The van der Waals surface area contributed by atoms with Gasteiger partial charge in [-0.25, -0.2) is 24.5 Å². The monoisotopic (exact) mass is 469 g/mol. The van der Waals surface area contributed by atoms with Gasteiger partial charge in [0.1, 0.15) is 17.5 Å². The summed E-state index contributed by atoms with van der Waals surface area (Å²) in [7, 11) is -2.44. The van der Waals surface area contributed by atoms with Crippen molar-refractivity contribution in [1.29, 1.82) is 0 Å². The minimum Gasteiger partial charge on any atom is -0.443 e. The van der Waals surface area contributed by atoms with Gasteiger partial charge in [0, 0.05) is 6.16 Å². The van der Waals surface area contributed by atoms with Crippen LogP contribution >= 0.6 is 7.14 Å². The molecule has 0 bridgehead atoms. The van der Waals surface area contributed by atoms with E-state index in [-0.39, 0.29) is 29.7 Å². The van der Waals surface area contributed by atoms with E-state index in [9.17, 15) is 19.3 Å². The molecule has 0 radical (unpaired) electrons. The number of aliphatic hydroxyl groups excluding tert-OH is 1. The molecule has 2 heterocycles. The molecule has 0 aliphatic heterocycles. The molecular formula is C20H32N5O6P. The van der Waals surface area contributed by atoms with Crippen LogP contribution < -0.4 is 4.90 Å². The van der Waals surface area contributed by atoms with Crippen LogP contribution in [-0.4, -0.2) is 73.6 Å². The number of amides is 2. The van der Waals surface area contributed by atoms with Gasteiger partial charge in [-0.1, -0.05) is 0 Å². The van der Waals surface area contributed by atoms with E-state index >= 15 is 0 Å². The standard InChI is InChI=1S/C20H32N5O6P/c1-19(2,3)30-17(27)25(18(28)31-20(4,5)6)16-14-15(21-11-22-16)24(12-23-14)9-13(26)10-32(7,8)29/h11-13,26H,9-10H2,1-8H3/t13-/m0/s1. The van der Waals surface area contributed by atoms with E-state index in [1.807, 2.05) is 0 Å². The summed E-state index contributed by atoms with van der Waals surface area (Å²) >= 11 is 0. The number of aliphatic hydroxyl groups is 1. The minimum absolute atomic E-state index is 0.0809. The van der Waals surface area contributed by atoms with Crippen LogP contribution in [0.4, 0.5) is 15.4 Å². The number of carbonyl (C=O) groups excluding carboxylic acids is 2. The number of imide groups is 1. The van der Waals surface area contributed by atoms with Crippen molar-refractivity contribution in [3.8, 4) is 0 Å². The van der Waals surface area contributed by atoms with Crippen molar-refractivity contribution in [3.05, 3.63) is 12.7 Å². The molecule has 0 fully saturated rings. The first-order valence-corrected chi connectivity index (χ1v) is 12.9. The molecule has 0 aliphatic carbocycles. The number of imidazole rings is 1. The Morgan fingerprint density at radius 1 is 1.06 bits per heavy atom. The Bertz CT molecular complexity index is 1010. The SMILES string of the molecule is CC(C)(C)OC(=O)N(C(=O)OC(C)(C)C)c1ncnc2c1ncn2C[C@H](O)CP(C)(C)=O. The minimum atomic E-state index is -2.44. The highest BCUT2D eigenvalue weighted by Gasteiger charge is 2.35. The number of aromatic nitrogens is 4. The van der Waals surface area contributed by atoms with Gasteiger partial charge in [0.05, 0.1) is 26.1 Å². The van der Waals surface area contributed by atoms with Gasteiger partial charge in [0.15, 0.2) is 17.0 Å². The largest absolute Gasteiger partial charge is 0.443 e. The lowest BCUT2D eigenvalue weighted by Crippen LogP contribution is -2.44. The molecule has 178 valence electrons. The Kier molecular flexibility index (Phi) is 7.36. The van der Waals surface area contributed by atoms with Crippen LogP contribution in [0.3, 0.4) is 0 Å². The first kappa shape index (κ1) is 25.7. The number of nitrogens with zero attached hydrogens (tertiary/aromatic N) is 5. The van der Waals surface area contributed by atoms with E-state index in [1.54, 1.807) is 59.4 Å². The van der Waals surface area contributed by atoms with Crippen molar-refractivity contribution in [2.45, 2.75) is 65.4 Å². The van der Waals surface area contributed by atoms with E-state index in [1.165, 1.54) is 12.7 Å². The van der Waals surface area contributed by atoms with Crippen LogP contribution in [0.25, 0.3) is 11.2 Å². The lowest BCUT2D eigenvalue weighted by Gasteiger charge is -2.28. The van der Waals surface area contributed by atoms with Crippen LogP contribution in [0.1, 0.15) is 41.5 Å². The molecule has 32 heavy (non-hydrogen) atoms. The highest BCUT2D eigenvalue weighted by Crippen LogP contribution is 2.36. The second-order valence-corrected chi connectivity index (χ2v) is 13.5. The summed E-state index contributed by atoms with van der Waals surface area (Å²) in [5.74, 6) is -0.108. The lowest BCUT2D eigenvalue weighted by molar-refractivity contribution is 0.0429. The fourth-order valence-corrected chi connectivity index (χ4v) is 3.95. The molecule has 0 spiro atoms. The van der Waals surface area contributed by atoms with Gasteiger partial charge in [-0.15, -0.1) is 0 Å². The quantitative estimate of drug-likeness (QED) is 0.652. The normalized spacial score (nSPS) is 13.7. The molecule has 0 saturated carbocycles. The Morgan fingerprint density at radius 2 is 1.59 bits per heavy atom. The van der Waals surface area contributed by atoms with Crippen LogP contribution in [0.5, 0.6) is 0 Å². The smallest absolute Gasteiger partial charge is 0.425 e. The van der Waals surface area contributed by atoms with Gasteiger partial charge in [0.2, 0.25) is 0 Å². The average Bonchev–Trinajstić information content (AvgIpc) is 2.93. The third-order valence-corrected chi connectivity index (χ3v) is 5.10. The highest BCUT2D eigenvalue weighted by molar-refractivity contribution is 7.62. The first-order valence-electron chi connectivity index (χ1n) is 10.1. The van der Waals surface area contributed by atoms with Crippen LogP contribution in [-0.2, 0) is 20.6 Å². The molecule has 2 amide bonds. The summed E-state index contributed by atoms with van der Waals surface area (Å²) in [6.07, 6.45) is -0.121. The second-order valence-electron chi connectivity index (χ2n) is 9.97. The zero-order valence-corrected chi connectivity index (χ0v) is 20.7. The highest BCUT2D eigenvalue weighted by atomic mass is 31.2. The molecule has 0 aliphatic rings. The maximum Gasteiger partial charge on any atom is 0.425 e. The van der Waals surface area contributed by atoms with Crippen molar-refractivity contribution in [1.82, 2.24) is 19.5 Å². The lowest BCUT2D eigenvalue weighted by atomic mass is 10.2. The van der Waals surface area contributed by atoms with Crippen LogP contribution in [0, 0.1) is 0 Å². The molecule has 2 aromatic heterocycles. The van der Waals surface area contributed by atoms with Crippen molar-refractivity contribution in [3.63, 3.8) is 0 Å². The first-order chi connectivity index (χ1) is 14.5. The Labute approximate surface area is 187 Å². The maximum atomic E-state index is 12.9. The van der Waals surface area contributed by atoms with Gasteiger partial charge in [-0.3, -0.25) is 0 Å². The predicted molar refractivity (Wildman–Crippen MR) is 121 cm³/mol. The van der Waals surface area contributed by atoms with Gasteiger partial charge in [0.25, 0.3) is 0 Å². The van der Waals surface area contributed by atoms with E-state index < -0.39 is 36.6 Å². The topological polar surface area (TPSA) is 137 Å². The van der Waals surface area contributed by atoms with Crippen LogP contribution in [0.15, 0.2) is 12.7 Å². The van der Waals surface area contributed by atoms with E-state index in [0.717, 1.165) is 0 Å². The number of carbonyl (C=O) groups is 2. The number of hydrogen-bond acceptors (Lipinski definition) is 9. The van der Waals surface area contributed by atoms with Crippen LogP contribution in [0.2, 0.25) is 0 Å². The fraction of sp³-hybridized carbons (Fsp3) is 0.650. The van der Waals surface area contributed by atoms with Gasteiger partial charge in [-0.05, 0) is 54.9 Å². The van der Waals surface area contributed by atoms with Crippen molar-refractivity contribution in [2.24, 2.45) is 0 Å². The Balaban J connectivity index is 2.49. The molecule has 1 N–H and O–H groups in total. The third-order valence-electron chi connectivity index (χ3n) is 3.80. The van der Waals surface area contributed by atoms with Gasteiger partial charge in [-0.2, -0.15) is 4.90 Å². The van der Waals surface area contributed by atoms with Gasteiger partial charge >= 0.3 is 12.2 Å². The molecule has 0 saturated heterocycles. The maximum absolute atomic E-state index is 12.9.